The SMILES string of the molecule is CCCCCCCCCC=C(O)S. The zero-order valence-electron chi connectivity index (χ0n) is 8.63. The van der Waals surface area contributed by atoms with Crippen LogP contribution in [-0.2, 0) is 0 Å². The molecule has 0 saturated carbocycles. The summed E-state index contributed by atoms with van der Waals surface area (Å²) >= 11 is 3.79. The van der Waals surface area contributed by atoms with E-state index in [2.05, 4.69) is 19.6 Å². The summed E-state index contributed by atoms with van der Waals surface area (Å²) in [5.74, 6) is 0. The third-order valence-electron chi connectivity index (χ3n) is 2.13. The molecule has 2 heteroatoms. The standard InChI is InChI=1S/C11H22OS/c1-2-3-4-5-6-7-8-9-10-11(12)13/h10,12-13H,2-9H2,1H3. The van der Waals surface area contributed by atoms with Crippen molar-refractivity contribution < 1.29 is 5.11 Å². The monoisotopic (exact) mass is 202 g/mol. The van der Waals surface area contributed by atoms with Crippen LogP contribution in [0.15, 0.2) is 11.2 Å². The smallest absolute Gasteiger partial charge is 0.142 e. The molecular weight excluding hydrogens is 180 g/mol. The second-order valence-electron chi connectivity index (χ2n) is 3.47. The van der Waals surface area contributed by atoms with E-state index in [0.29, 0.717) is 0 Å². The third-order valence-corrected chi connectivity index (χ3v) is 2.32. The van der Waals surface area contributed by atoms with Gasteiger partial charge in [-0.05, 0) is 18.9 Å². The average molecular weight is 202 g/mol. The van der Waals surface area contributed by atoms with Crippen molar-refractivity contribution in [1.29, 1.82) is 0 Å². The summed E-state index contributed by atoms with van der Waals surface area (Å²) in [6.45, 7) is 2.24. The largest absolute Gasteiger partial charge is 0.503 e. The number of unbranched alkanes of at least 4 members (excludes halogenated alkanes) is 7. The highest BCUT2D eigenvalue weighted by molar-refractivity contribution is 7.84. The quantitative estimate of drug-likeness (QED) is 0.338. The van der Waals surface area contributed by atoms with Crippen LogP contribution in [0.3, 0.4) is 0 Å². The van der Waals surface area contributed by atoms with Gasteiger partial charge in [0.1, 0.15) is 5.09 Å². The Hall–Kier alpha value is -0.110. The van der Waals surface area contributed by atoms with Gasteiger partial charge < -0.3 is 5.11 Å². The van der Waals surface area contributed by atoms with E-state index < -0.39 is 0 Å². The minimum atomic E-state index is 0.158. The molecule has 1 N–H and O–H groups in total. The second kappa shape index (κ2) is 9.97. The molecule has 0 atom stereocenters. The molecule has 0 fully saturated rings. The van der Waals surface area contributed by atoms with Crippen molar-refractivity contribution in [3.05, 3.63) is 11.2 Å². The van der Waals surface area contributed by atoms with Crippen LogP contribution in [0, 0.1) is 0 Å². The Morgan fingerprint density at radius 2 is 1.62 bits per heavy atom. The van der Waals surface area contributed by atoms with Gasteiger partial charge in [0.25, 0.3) is 0 Å². The van der Waals surface area contributed by atoms with Gasteiger partial charge in [0.05, 0.1) is 0 Å². The molecule has 0 heterocycles. The highest BCUT2D eigenvalue weighted by Crippen LogP contribution is 2.09. The second-order valence-corrected chi connectivity index (χ2v) is 3.93. The fraction of sp³-hybridized carbons (Fsp3) is 0.818. The van der Waals surface area contributed by atoms with Gasteiger partial charge >= 0.3 is 0 Å². The third kappa shape index (κ3) is 11.9. The minimum Gasteiger partial charge on any atom is -0.503 e. The van der Waals surface area contributed by atoms with E-state index in [1.807, 2.05) is 0 Å². The first-order chi connectivity index (χ1) is 6.27. The molecule has 1 nitrogen and oxygen atoms in total. The Balaban J connectivity index is 2.96. The van der Waals surface area contributed by atoms with Gasteiger partial charge in [-0.15, -0.1) is 12.6 Å². The van der Waals surface area contributed by atoms with Crippen molar-refractivity contribution in [3.63, 3.8) is 0 Å². The lowest BCUT2D eigenvalue weighted by Gasteiger charge is -1.98. The molecule has 0 aromatic rings. The van der Waals surface area contributed by atoms with Gasteiger partial charge in [0, 0.05) is 0 Å². The van der Waals surface area contributed by atoms with Gasteiger partial charge in [-0.25, -0.2) is 0 Å². The van der Waals surface area contributed by atoms with Gasteiger partial charge in [-0.3, -0.25) is 0 Å². The summed E-state index contributed by atoms with van der Waals surface area (Å²) < 4.78 is 0. The number of hydrogen-bond donors (Lipinski definition) is 2. The van der Waals surface area contributed by atoms with Crippen LogP contribution in [0.4, 0.5) is 0 Å². The first-order valence-corrected chi connectivity index (χ1v) is 5.80. The lowest BCUT2D eigenvalue weighted by Crippen LogP contribution is -1.79. The molecule has 0 unspecified atom stereocenters. The Bertz CT molecular complexity index is 128. The van der Waals surface area contributed by atoms with Crippen LogP contribution in [0.5, 0.6) is 0 Å². The van der Waals surface area contributed by atoms with Gasteiger partial charge in [0.15, 0.2) is 0 Å². The molecule has 0 aliphatic heterocycles. The summed E-state index contributed by atoms with van der Waals surface area (Å²) in [5, 5.41) is 8.91. The molecule has 0 aromatic carbocycles. The molecule has 0 aliphatic rings. The maximum absolute atomic E-state index is 8.75. The van der Waals surface area contributed by atoms with Crippen molar-refractivity contribution in [2.24, 2.45) is 0 Å². The molecule has 0 radical (unpaired) electrons. The van der Waals surface area contributed by atoms with Crippen LogP contribution in [-0.4, -0.2) is 5.11 Å². The number of aliphatic hydroxyl groups excluding tert-OH is 1. The van der Waals surface area contributed by atoms with Crippen molar-refractivity contribution in [3.8, 4) is 0 Å². The Kier molecular flexibility index (Phi) is 9.89. The predicted molar refractivity (Wildman–Crippen MR) is 62.3 cm³/mol. The van der Waals surface area contributed by atoms with Gasteiger partial charge in [-0.2, -0.15) is 0 Å². The Morgan fingerprint density at radius 1 is 1.08 bits per heavy atom. The maximum Gasteiger partial charge on any atom is 0.142 e. The zero-order valence-corrected chi connectivity index (χ0v) is 9.52. The number of thiol groups is 1. The first-order valence-electron chi connectivity index (χ1n) is 5.35. The van der Waals surface area contributed by atoms with E-state index in [4.69, 9.17) is 5.11 Å². The molecule has 0 saturated heterocycles. The molecule has 0 rings (SSSR count). The van der Waals surface area contributed by atoms with Crippen LogP contribution in [0.2, 0.25) is 0 Å². The molecule has 0 aliphatic carbocycles. The van der Waals surface area contributed by atoms with E-state index in [1.54, 1.807) is 6.08 Å². The average Bonchev–Trinajstić information content (AvgIpc) is 2.09. The zero-order chi connectivity index (χ0) is 9.94. The fourth-order valence-electron chi connectivity index (χ4n) is 1.33. The maximum atomic E-state index is 8.75. The molecular formula is C11H22OS. The van der Waals surface area contributed by atoms with Crippen LogP contribution in [0.25, 0.3) is 0 Å². The minimum absolute atomic E-state index is 0.158. The van der Waals surface area contributed by atoms with E-state index in [1.165, 1.54) is 44.9 Å². The predicted octanol–water partition coefficient (Wildman–Crippen LogP) is 4.46. The van der Waals surface area contributed by atoms with Crippen LogP contribution in [0.1, 0.15) is 58.3 Å². The van der Waals surface area contributed by atoms with Crippen molar-refractivity contribution in [1.82, 2.24) is 0 Å². The van der Waals surface area contributed by atoms with Crippen LogP contribution < -0.4 is 0 Å². The number of rotatable bonds is 8. The van der Waals surface area contributed by atoms with Crippen LogP contribution >= 0.6 is 12.6 Å². The summed E-state index contributed by atoms with van der Waals surface area (Å²) in [7, 11) is 0. The molecule has 0 amide bonds. The molecule has 0 aromatic heterocycles. The summed E-state index contributed by atoms with van der Waals surface area (Å²) in [5.41, 5.74) is 0. The van der Waals surface area contributed by atoms with E-state index in [9.17, 15) is 0 Å². The lowest BCUT2D eigenvalue weighted by molar-refractivity contribution is 0.454. The molecule has 0 bridgehead atoms. The number of aliphatic hydroxyl groups is 1. The summed E-state index contributed by atoms with van der Waals surface area (Å²) in [6.07, 6.45) is 12.0. The lowest BCUT2D eigenvalue weighted by atomic mass is 10.1. The highest BCUT2D eigenvalue weighted by Gasteiger charge is 1.89. The molecule has 78 valence electrons. The number of allylic oxidation sites excluding steroid dienone is 1. The van der Waals surface area contributed by atoms with E-state index in [-0.39, 0.29) is 5.09 Å². The molecule has 0 spiro atoms. The topological polar surface area (TPSA) is 20.2 Å². The summed E-state index contributed by atoms with van der Waals surface area (Å²) in [4.78, 5) is 0. The Labute approximate surface area is 87.6 Å². The van der Waals surface area contributed by atoms with Gasteiger partial charge in [-0.1, -0.05) is 45.4 Å². The first kappa shape index (κ1) is 12.9. The normalized spacial score (nSPS) is 12.0. The Morgan fingerprint density at radius 3 is 2.15 bits per heavy atom. The van der Waals surface area contributed by atoms with E-state index >= 15 is 0 Å². The van der Waals surface area contributed by atoms with Crippen molar-refractivity contribution in [2.75, 3.05) is 0 Å². The molecule has 13 heavy (non-hydrogen) atoms. The fourth-order valence-corrected chi connectivity index (χ4v) is 1.46. The highest BCUT2D eigenvalue weighted by atomic mass is 32.1. The van der Waals surface area contributed by atoms with Crippen molar-refractivity contribution in [2.45, 2.75) is 58.3 Å². The number of hydrogen-bond acceptors (Lipinski definition) is 2. The van der Waals surface area contributed by atoms with Crippen molar-refractivity contribution >= 4 is 12.6 Å². The van der Waals surface area contributed by atoms with Gasteiger partial charge in [0.2, 0.25) is 0 Å². The summed E-state index contributed by atoms with van der Waals surface area (Å²) in [6, 6.07) is 0. The van der Waals surface area contributed by atoms with E-state index in [0.717, 1.165) is 6.42 Å².